The zero-order valence-corrected chi connectivity index (χ0v) is 14.2. The first-order valence-electron chi connectivity index (χ1n) is 8.32. The molecule has 0 spiro atoms. The lowest BCUT2D eigenvalue weighted by Gasteiger charge is -2.20. The fourth-order valence-corrected chi connectivity index (χ4v) is 3.43. The number of hydrogen-bond acceptors (Lipinski definition) is 5. The zero-order chi connectivity index (χ0) is 18.5. The van der Waals surface area contributed by atoms with Crippen LogP contribution in [-0.4, -0.2) is 53.2 Å². The van der Waals surface area contributed by atoms with Gasteiger partial charge in [-0.15, -0.1) is 0 Å². The number of amides is 1. The number of carboxylic acid groups (broad SMARTS) is 2. The Morgan fingerprint density at radius 1 is 1.00 bits per heavy atom. The molecule has 1 aromatic carbocycles. The van der Waals surface area contributed by atoms with Crippen LogP contribution in [-0.2, 0) is 0 Å². The summed E-state index contributed by atoms with van der Waals surface area (Å²) in [5.41, 5.74) is 5.68. The first-order chi connectivity index (χ1) is 11.8. The van der Waals surface area contributed by atoms with E-state index in [0.29, 0.717) is 13.1 Å². The van der Waals surface area contributed by atoms with Crippen LogP contribution in [0.3, 0.4) is 0 Å². The van der Waals surface area contributed by atoms with Crippen LogP contribution in [0.15, 0.2) is 6.07 Å². The number of carbonyl (C=O) groups excluding carboxylic acids is 1. The van der Waals surface area contributed by atoms with Gasteiger partial charge in [-0.3, -0.25) is 4.79 Å². The highest BCUT2D eigenvalue weighted by Crippen LogP contribution is 2.45. The van der Waals surface area contributed by atoms with E-state index in [9.17, 15) is 24.6 Å². The van der Waals surface area contributed by atoms with Crippen molar-refractivity contribution < 1.29 is 24.6 Å². The molecule has 3 rings (SSSR count). The number of carbonyl (C=O) groups is 3. The van der Waals surface area contributed by atoms with Crippen molar-refractivity contribution >= 4 is 29.2 Å². The standard InChI is InChI=1S/C17H21N3O5/c1-3-8-6-19(8)13-10(16(22)23)5-11(17(24)25)14(12(13)15(18)21)20-7-9(20)4-2/h5,8-9H,3-4,6-7H2,1-2H3,(H2,18,21)(H,22,23)(H,24,25). The molecule has 0 aromatic heterocycles. The third-order valence-corrected chi connectivity index (χ3v) is 4.93. The summed E-state index contributed by atoms with van der Waals surface area (Å²) in [6.45, 7) is 5.19. The molecule has 0 radical (unpaired) electrons. The summed E-state index contributed by atoms with van der Waals surface area (Å²) >= 11 is 0. The van der Waals surface area contributed by atoms with Crippen molar-refractivity contribution in [1.29, 1.82) is 0 Å². The summed E-state index contributed by atoms with van der Waals surface area (Å²) < 4.78 is 0. The van der Waals surface area contributed by atoms with E-state index in [2.05, 4.69) is 0 Å². The predicted molar refractivity (Wildman–Crippen MR) is 91.7 cm³/mol. The molecule has 4 N–H and O–H groups in total. The summed E-state index contributed by atoms with van der Waals surface area (Å²) in [5, 5.41) is 19.1. The van der Waals surface area contributed by atoms with Crippen molar-refractivity contribution in [3.05, 3.63) is 22.8 Å². The molecule has 2 aliphatic heterocycles. The fourth-order valence-electron chi connectivity index (χ4n) is 3.43. The van der Waals surface area contributed by atoms with Crippen molar-refractivity contribution in [2.45, 2.75) is 38.8 Å². The number of benzene rings is 1. The van der Waals surface area contributed by atoms with Crippen LogP contribution >= 0.6 is 0 Å². The number of nitrogens with zero attached hydrogens (tertiary/aromatic N) is 2. The second-order valence-electron chi connectivity index (χ2n) is 6.45. The lowest BCUT2D eigenvalue weighted by molar-refractivity contribution is 0.0696. The molecule has 0 bridgehead atoms. The molecule has 25 heavy (non-hydrogen) atoms. The van der Waals surface area contributed by atoms with Gasteiger partial charge in [0.15, 0.2) is 0 Å². The number of carboxylic acids is 2. The van der Waals surface area contributed by atoms with Gasteiger partial charge in [-0.2, -0.15) is 0 Å². The summed E-state index contributed by atoms with van der Waals surface area (Å²) in [7, 11) is 0. The Hall–Kier alpha value is -2.77. The van der Waals surface area contributed by atoms with E-state index in [4.69, 9.17) is 5.73 Å². The van der Waals surface area contributed by atoms with Gasteiger partial charge >= 0.3 is 11.9 Å². The highest BCUT2D eigenvalue weighted by Gasteiger charge is 2.44. The Kier molecular flexibility index (Phi) is 4.06. The molecule has 1 amide bonds. The van der Waals surface area contributed by atoms with Gasteiger partial charge in [-0.25, -0.2) is 9.59 Å². The van der Waals surface area contributed by atoms with Crippen LogP contribution in [0.1, 0.15) is 57.8 Å². The predicted octanol–water partition coefficient (Wildman–Crippen LogP) is 1.38. The first kappa shape index (κ1) is 17.1. The van der Waals surface area contributed by atoms with Crippen molar-refractivity contribution in [3.8, 4) is 0 Å². The average molecular weight is 347 g/mol. The van der Waals surface area contributed by atoms with Crippen molar-refractivity contribution in [2.75, 3.05) is 22.9 Å². The number of aromatic carboxylic acids is 2. The topological polar surface area (TPSA) is 124 Å². The largest absolute Gasteiger partial charge is 0.478 e. The van der Waals surface area contributed by atoms with E-state index in [-0.39, 0.29) is 40.1 Å². The molecule has 8 heteroatoms. The molecular formula is C17H21N3O5. The Bertz CT molecular complexity index is 722. The van der Waals surface area contributed by atoms with Crippen molar-refractivity contribution in [2.24, 2.45) is 5.73 Å². The van der Waals surface area contributed by atoms with Crippen LogP contribution in [0.5, 0.6) is 0 Å². The van der Waals surface area contributed by atoms with Gasteiger partial charge in [0.1, 0.15) is 0 Å². The quantitative estimate of drug-likeness (QED) is 0.637. The lowest BCUT2D eigenvalue weighted by Crippen LogP contribution is -2.23. The first-order valence-corrected chi connectivity index (χ1v) is 8.32. The Labute approximate surface area is 144 Å². The van der Waals surface area contributed by atoms with Gasteiger partial charge in [-0.1, -0.05) is 13.8 Å². The molecule has 2 heterocycles. The van der Waals surface area contributed by atoms with E-state index in [1.54, 1.807) is 0 Å². The van der Waals surface area contributed by atoms with Crippen molar-refractivity contribution in [3.63, 3.8) is 0 Å². The minimum absolute atomic E-state index is 0.00389. The second kappa shape index (κ2) is 5.94. The Morgan fingerprint density at radius 2 is 1.40 bits per heavy atom. The van der Waals surface area contributed by atoms with Crippen LogP contribution in [0.25, 0.3) is 0 Å². The van der Waals surface area contributed by atoms with Gasteiger partial charge in [0, 0.05) is 25.2 Å². The third-order valence-electron chi connectivity index (χ3n) is 4.93. The maximum absolute atomic E-state index is 12.2. The van der Waals surface area contributed by atoms with E-state index in [0.717, 1.165) is 18.9 Å². The van der Waals surface area contributed by atoms with E-state index >= 15 is 0 Å². The highest BCUT2D eigenvalue weighted by molar-refractivity contribution is 6.15. The molecule has 2 aliphatic rings. The van der Waals surface area contributed by atoms with Gasteiger partial charge < -0.3 is 25.7 Å². The average Bonchev–Trinajstić information content (AvgIpc) is 3.45. The molecule has 2 fully saturated rings. The maximum atomic E-state index is 12.2. The molecule has 0 aliphatic carbocycles. The second-order valence-corrected chi connectivity index (χ2v) is 6.45. The summed E-state index contributed by atoms with van der Waals surface area (Å²) in [6.07, 6.45) is 1.60. The minimum atomic E-state index is -1.27. The number of nitrogens with two attached hydrogens (primary N) is 1. The molecular weight excluding hydrogens is 326 g/mol. The van der Waals surface area contributed by atoms with Gasteiger partial charge in [0.2, 0.25) is 0 Å². The van der Waals surface area contributed by atoms with Crippen molar-refractivity contribution in [1.82, 2.24) is 0 Å². The molecule has 1 aromatic rings. The number of hydrogen-bond donors (Lipinski definition) is 3. The Morgan fingerprint density at radius 3 is 1.64 bits per heavy atom. The number of primary amides is 1. The lowest BCUT2D eigenvalue weighted by atomic mass is 9.98. The highest BCUT2D eigenvalue weighted by atomic mass is 16.4. The summed E-state index contributed by atoms with van der Waals surface area (Å²) in [4.78, 5) is 39.3. The molecule has 134 valence electrons. The third kappa shape index (κ3) is 2.77. The maximum Gasteiger partial charge on any atom is 0.337 e. The van der Waals surface area contributed by atoms with Crippen LogP contribution in [0.4, 0.5) is 11.4 Å². The van der Waals surface area contributed by atoms with E-state index in [1.165, 1.54) is 0 Å². The number of anilines is 2. The van der Waals surface area contributed by atoms with Gasteiger partial charge in [0.25, 0.3) is 5.91 Å². The molecule has 0 saturated carbocycles. The van der Waals surface area contributed by atoms with Crippen LogP contribution in [0, 0.1) is 0 Å². The zero-order valence-electron chi connectivity index (χ0n) is 14.2. The molecule has 8 nitrogen and oxygen atoms in total. The van der Waals surface area contributed by atoms with Gasteiger partial charge in [-0.05, 0) is 18.9 Å². The van der Waals surface area contributed by atoms with Crippen LogP contribution in [0.2, 0.25) is 0 Å². The SMILES string of the molecule is CCC1CN1c1c(C(=O)O)cc(C(=O)O)c(N2CC2CC)c1C(N)=O. The summed E-state index contributed by atoms with van der Waals surface area (Å²) in [5.74, 6) is -3.35. The molecule has 2 atom stereocenters. The van der Waals surface area contributed by atoms with Crippen LogP contribution < -0.4 is 15.5 Å². The molecule has 2 saturated heterocycles. The normalized spacial score (nSPS) is 21.2. The van der Waals surface area contributed by atoms with E-state index < -0.39 is 17.8 Å². The monoisotopic (exact) mass is 347 g/mol. The minimum Gasteiger partial charge on any atom is -0.478 e. The van der Waals surface area contributed by atoms with E-state index in [1.807, 2.05) is 23.6 Å². The smallest absolute Gasteiger partial charge is 0.337 e. The number of rotatable bonds is 7. The fraction of sp³-hybridized carbons (Fsp3) is 0.471. The summed E-state index contributed by atoms with van der Waals surface area (Å²) in [6, 6.07) is 1.42. The Balaban J connectivity index is 2.29. The van der Waals surface area contributed by atoms with Gasteiger partial charge in [0.05, 0.1) is 28.1 Å². The molecule has 2 unspecified atom stereocenters.